The van der Waals surface area contributed by atoms with E-state index >= 15 is 0 Å². The zero-order valence-corrected chi connectivity index (χ0v) is 10.2. The number of rotatable bonds is 4. The van der Waals surface area contributed by atoms with E-state index in [9.17, 15) is 0 Å². The van der Waals surface area contributed by atoms with Crippen LogP contribution in [0.2, 0.25) is 0 Å². The van der Waals surface area contributed by atoms with E-state index in [1.807, 2.05) is 12.1 Å². The Morgan fingerprint density at radius 3 is 2.62 bits per heavy atom. The molecule has 0 aliphatic carbocycles. The number of anilines is 2. The molecule has 0 saturated heterocycles. The fourth-order valence-corrected chi connectivity index (χ4v) is 1.82. The van der Waals surface area contributed by atoms with Crippen LogP contribution >= 0.6 is 0 Å². The summed E-state index contributed by atoms with van der Waals surface area (Å²) in [6.45, 7) is 6.48. The second kappa shape index (κ2) is 4.89. The molecule has 0 saturated carbocycles. The van der Waals surface area contributed by atoms with Gasteiger partial charge in [-0.25, -0.2) is 0 Å². The highest BCUT2D eigenvalue weighted by molar-refractivity contribution is 5.63. The Morgan fingerprint density at radius 2 is 2.12 bits per heavy atom. The largest absolute Gasteiger partial charge is 0.398 e. The molecule has 0 aliphatic rings. The second-order valence-corrected chi connectivity index (χ2v) is 4.67. The molecule has 0 bridgehead atoms. The predicted octanol–water partition coefficient (Wildman–Crippen LogP) is 3.13. The van der Waals surface area contributed by atoms with Gasteiger partial charge in [-0.2, -0.15) is 5.26 Å². The van der Waals surface area contributed by atoms with E-state index in [0.29, 0.717) is 11.3 Å². The lowest BCUT2D eigenvalue weighted by Crippen LogP contribution is -2.30. The van der Waals surface area contributed by atoms with Crippen molar-refractivity contribution >= 4 is 11.4 Å². The Bertz CT molecular complexity index is 402. The van der Waals surface area contributed by atoms with Crippen LogP contribution in [0, 0.1) is 11.3 Å². The van der Waals surface area contributed by atoms with Crippen LogP contribution in [-0.4, -0.2) is 5.54 Å². The summed E-state index contributed by atoms with van der Waals surface area (Å²) in [7, 11) is 0. The second-order valence-electron chi connectivity index (χ2n) is 4.67. The summed E-state index contributed by atoms with van der Waals surface area (Å²) >= 11 is 0. The minimum atomic E-state index is 0.0509. The van der Waals surface area contributed by atoms with Gasteiger partial charge in [0, 0.05) is 11.2 Å². The van der Waals surface area contributed by atoms with Gasteiger partial charge in [-0.05, 0) is 38.5 Å². The van der Waals surface area contributed by atoms with Crippen molar-refractivity contribution in [1.82, 2.24) is 0 Å². The molecular weight excluding hydrogens is 198 g/mol. The molecule has 0 spiro atoms. The first-order chi connectivity index (χ1) is 7.48. The van der Waals surface area contributed by atoms with Crippen LogP contribution in [0.1, 0.15) is 39.2 Å². The molecule has 0 heterocycles. The third kappa shape index (κ3) is 3.16. The molecule has 0 fully saturated rings. The molecule has 86 valence electrons. The Kier molecular flexibility index (Phi) is 3.78. The third-order valence-corrected chi connectivity index (χ3v) is 2.53. The number of nitrogen functional groups attached to an aromatic ring is 1. The highest BCUT2D eigenvalue weighted by Gasteiger charge is 2.16. The molecular formula is C13H19N3. The Hall–Kier alpha value is -1.69. The molecule has 3 N–H and O–H groups in total. The van der Waals surface area contributed by atoms with Gasteiger partial charge in [0.2, 0.25) is 0 Å². The van der Waals surface area contributed by atoms with E-state index in [1.165, 1.54) is 0 Å². The van der Waals surface area contributed by atoms with Crippen LogP contribution in [0.4, 0.5) is 11.4 Å². The van der Waals surface area contributed by atoms with Crippen molar-refractivity contribution in [3.63, 3.8) is 0 Å². The Balaban J connectivity index is 2.84. The van der Waals surface area contributed by atoms with Crippen LogP contribution in [0.15, 0.2) is 18.2 Å². The lowest BCUT2D eigenvalue weighted by molar-refractivity contribution is 0.511. The van der Waals surface area contributed by atoms with Gasteiger partial charge in [0.05, 0.1) is 11.3 Å². The fraction of sp³-hybridized carbons (Fsp3) is 0.462. The van der Waals surface area contributed by atoms with Crippen LogP contribution in [0.5, 0.6) is 0 Å². The summed E-state index contributed by atoms with van der Waals surface area (Å²) in [5.41, 5.74) is 7.83. The number of hydrogen-bond donors (Lipinski definition) is 2. The topological polar surface area (TPSA) is 61.8 Å². The van der Waals surface area contributed by atoms with Crippen molar-refractivity contribution < 1.29 is 0 Å². The van der Waals surface area contributed by atoms with Crippen molar-refractivity contribution in [3.8, 4) is 6.07 Å². The summed E-state index contributed by atoms with van der Waals surface area (Å²) < 4.78 is 0. The van der Waals surface area contributed by atoms with Gasteiger partial charge < -0.3 is 11.1 Å². The van der Waals surface area contributed by atoms with Crippen LogP contribution in [-0.2, 0) is 0 Å². The van der Waals surface area contributed by atoms with Gasteiger partial charge in [0.1, 0.15) is 6.07 Å². The van der Waals surface area contributed by atoms with Gasteiger partial charge in [0.15, 0.2) is 0 Å². The average molecular weight is 217 g/mol. The highest BCUT2D eigenvalue weighted by Crippen LogP contribution is 2.22. The number of hydrogen-bond acceptors (Lipinski definition) is 3. The maximum atomic E-state index is 8.78. The minimum Gasteiger partial charge on any atom is -0.398 e. The summed E-state index contributed by atoms with van der Waals surface area (Å²) in [6, 6.07) is 7.52. The summed E-state index contributed by atoms with van der Waals surface area (Å²) in [6.07, 6.45) is 2.22. The molecule has 0 radical (unpaired) electrons. The molecule has 0 aromatic heterocycles. The van der Waals surface area contributed by atoms with E-state index in [4.69, 9.17) is 11.0 Å². The summed E-state index contributed by atoms with van der Waals surface area (Å²) in [5.74, 6) is 0. The Labute approximate surface area is 97.3 Å². The molecule has 0 atom stereocenters. The minimum absolute atomic E-state index is 0.0509. The molecule has 0 amide bonds. The maximum Gasteiger partial charge on any atom is 0.101 e. The SMILES string of the molecule is CCCC(C)(C)Nc1ccc(C#N)c(N)c1. The quantitative estimate of drug-likeness (QED) is 0.762. The average Bonchev–Trinajstić information content (AvgIpc) is 2.17. The van der Waals surface area contributed by atoms with Crippen molar-refractivity contribution in [2.45, 2.75) is 39.2 Å². The molecule has 1 aromatic rings. The Morgan fingerprint density at radius 1 is 1.44 bits per heavy atom. The van der Waals surface area contributed by atoms with Crippen molar-refractivity contribution in [1.29, 1.82) is 5.26 Å². The molecule has 0 aliphatic heterocycles. The molecule has 1 aromatic carbocycles. The van der Waals surface area contributed by atoms with Gasteiger partial charge in [0.25, 0.3) is 0 Å². The van der Waals surface area contributed by atoms with E-state index in [0.717, 1.165) is 18.5 Å². The molecule has 3 heteroatoms. The van der Waals surface area contributed by atoms with E-state index in [1.54, 1.807) is 6.07 Å². The summed E-state index contributed by atoms with van der Waals surface area (Å²) in [4.78, 5) is 0. The fourth-order valence-electron chi connectivity index (χ4n) is 1.82. The molecule has 0 unspecified atom stereocenters. The first kappa shape index (κ1) is 12.4. The number of nitrogens with zero attached hydrogens (tertiary/aromatic N) is 1. The van der Waals surface area contributed by atoms with E-state index in [-0.39, 0.29) is 5.54 Å². The van der Waals surface area contributed by atoms with Crippen LogP contribution < -0.4 is 11.1 Å². The van der Waals surface area contributed by atoms with E-state index in [2.05, 4.69) is 32.2 Å². The van der Waals surface area contributed by atoms with Crippen molar-refractivity contribution in [2.24, 2.45) is 0 Å². The molecule has 1 rings (SSSR count). The number of nitriles is 1. The van der Waals surface area contributed by atoms with Gasteiger partial charge in [-0.3, -0.25) is 0 Å². The third-order valence-electron chi connectivity index (χ3n) is 2.53. The predicted molar refractivity (Wildman–Crippen MR) is 68.2 cm³/mol. The zero-order valence-electron chi connectivity index (χ0n) is 10.2. The number of nitrogens with one attached hydrogen (secondary N) is 1. The number of nitrogens with two attached hydrogens (primary N) is 1. The highest BCUT2D eigenvalue weighted by atomic mass is 15.0. The van der Waals surface area contributed by atoms with Crippen molar-refractivity contribution in [3.05, 3.63) is 23.8 Å². The maximum absolute atomic E-state index is 8.78. The van der Waals surface area contributed by atoms with Gasteiger partial charge >= 0.3 is 0 Å². The van der Waals surface area contributed by atoms with E-state index < -0.39 is 0 Å². The monoisotopic (exact) mass is 217 g/mol. The first-order valence-corrected chi connectivity index (χ1v) is 5.56. The van der Waals surface area contributed by atoms with Gasteiger partial charge in [-0.1, -0.05) is 13.3 Å². The first-order valence-electron chi connectivity index (χ1n) is 5.56. The molecule has 3 nitrogen and oxygen atoms in total. The number of benzene rings is 1. The summed E-state index contributed by atoms with van der Waals surface area (Å²) in [5, 5.41) is 12.2. The van der Waals surface area contributed by atoms with Crippen LogP contribution in [0.25, 0.3) is 0 Å². The van der Waals surface area contributed by atoms with Crippen molar-refractivity contribution in [2.75, 3.05) is 11.1 Å². The zero-order chi connectivity index (χ0) is 12.2. The van der Waals surface area contributed by atoms with Crippen LogP contribution in [0.3, 0.4) is 0 Å². The lowest BCUT2D eigenvalue weighted by Gasteiger charge is -2.27. The standard InChI is InChI=1S/C13H19N3/c1-4-7-13(2,3)16-11-6-5-10(9-14)12(15)8-11/h5-6,8,16H,4,7,15H2,1-3H3. The molecule has 16 heavy (non-hydrogen) atoms. The normalized spacial score (nSPS) is 10.9. The van der Waals surface area contributed by atoms with Gasteiger partial charge in [-0.15, -0.1) is 0 Å². The lowest BCUT2D eigenvalue weighted by atomic mass is 9.98. The smallest absolute Gasteiger partial charge is 0.101 e.